The molecule has 0 radical (unpaired) electrons. The topological polar surface area (TPSA) is 86.1 Å². The van der Waals surface area contributed by atoms with Crippen molar-refractivity contribution in [1.82, 2.24) is 9.88 Å². The fourth-order valence-corrected chi connectivity index (χ4v) is 3.76. The van der Waals surface area contributed by atoms with Crippen LogP contribution in [-0.4, -0.2) is 28.2 Å². The van der Waals surface area contributed by atoms with Crippen LogP contribution in [0.5, 0.6) is 0 Å². The van der Waals surface area contributed by atoms with Crippen molar-refractivity contribution >= 4 is 28.2 Å². The van der Waals surface area contributed by atoms with E-state index in [0.717, 1.165) is 10.4 Å². The first-order valence-corrected chi connectivity index (χ1v) is 7.93. The number of nitrogens with one attached hydrogen (secondary N) is 1. The van der Waals surface area contributed by atoms with Gasteiger partial charge in [0.05, 0.1) is 17.7 Å². The van der Waals surface area contributed by atoms with Crippen LogP contribution in [0.25, 0.3) is 0 Å². The highest BCUT2D eigenvalue weighted by molar-refractivity contribution is 7.16. The van der Waals surface area contributed by atoms with Crippen molar-refractivity contribution in [2.45, 2.75) is 19.9 Å². The summed E-state index contributed by atoms with van der Waals surface area (Å²) in [7, 11) is 0. The molecule has 3 heterocycles. The zero-order valence-electron chi connectivity index (χ0n) is 12.5. The third-order valence-electron chi connectivity index (χ3n) is 3.76. The van der Waals surface area contributed by atoms with Crippen LogP contribution in [0.3, 0.4) is 0 Å². The second-order valence-corrected chi connectivity index (χ2v) is 6.31. The zero-order chi connectivity index (χ0) is 16.4. The van der Waals surface area contributed by atoms with E-state index in [9.17, 15) is 14.9 Å². The first kappa shape index (κ1) is 15.2. The number of aromatic nitrogens is 1. The molecule has 0 saturated carbocycles. The zero-order valence-corrected chi connectivity index (χ0v) is 13.3. The van der Waals surface area contributed by atoms with E-state index in [0.29, 0.717) is 35.6 Å². The van der Waals surface area contributed by atoms with Gasteiger partial charge >= 0.3 is 0 Å². The fraction of sp³-hybridized carbons (Fsp3) is 0.250. The van der Waals surface area contributed by atoms with Crippen LogP contribution in [0.2, 0.25) is 0 Å². The molecule has 2 amide bonds. The fourth-order valence-electron chi connectivity index (χ4n) is 2.55. The summed E-state index contributed by atoms with van der Waals surface area (Å²) in [4.78, 5) is 30.4. The summed E-state index contributed by atoms with van der Waals surface area (Å²) in [5, 5.41) is 12.8. The Morgan fingerprint density at radius 2 is 2.30 bits per heavy atom. The Bertz CT molecular complexity index is 807. The Labute approximate surface area is 137 Å². The van der Waals surface area contributed by atoms with Gasteiger partial charge in [-0.15, -0.1) is 11.3 Å². The summed E-state index contributed by atoms with van der Waals surface area (Å²) >= 11 is 1.36. The standard InChI is InChI=1S/C16H14N4O2S/c1-10(21)20-6-4-12-13(7-17)16(23-14(12)9-20)19-15(22)11-3-2-5-18-8-11/h2-3,5,8H,4,6,9H2,1H3,(H,19,22). The van der Waals surface area contributed by atoms with E-state index < -0.39 is 0 Å². The summed E-state index contributed by atoms with van der Waals surface area (Å²) in [5.74, 6) is -0.278. The molecule has 0 spiro atoms. The molecule has 3 rings (SSSR count). The van der Waals surface area contributed by atoms with E-state index in [2.05, 4.69) is 16.4 Å². The van der Waals surface area contributed by atoms with Crippen LogP contribution in [-0.2, 0) is 17.8 Å². The molecule has 6 nitrogen and oxygen atoms in total. The second-order valence-electron chi connectivity index (χ2n) is 5.21. The van der Waals surface area contributed by atoms with Gasteiger partial charge in [0.25, 0.3) is 5.91 Å². The van der Waals surface area contributed by atoms with E-state index in [1.54, 1.807) is 23.2 Å². The predicted molar refractivity (Wildman–Crippen MR) is 86.0 cm³/mol. The molecule has 2 aromatic rings. The number of nitrogens with zero attached hydrogens (tertiary/aromatic N) is 3. The Morgan fingerprint density at radius 1 is 1.48 bits per heavy atom. The lowest BCUT2D eigenvalue weighted by Gasteiger charge is -2.25. The number of anilines is 1. The molecule has 0 bridgehead atoms. The van der Waals surface area contributed by atoms with Crippen LogP contribution < -0.4 is 5.32 Å². The van der Waals surface area contributed by atoms with E-state index in [4.69, 9.17) is 0 Å². The number of hydrogen-bond donors (Lipinski definition) is 1. The maximum Gasteiger partial charge on any atom is 0.257 e. The Hall–Kier alpha value is -2.72. The van der Waals surface area contributed by atoms with Crippen molar-refractivity contribution in [2.24, 2.45) is 0 Å². The summed E-state index contributed by atoms with van der Waals surface area (Å²) in [5.41, 5.74) is 1.88. The predicted octanol–water partition coefficient (Wildman–Crippen LogP) is 2.17. The monoisotopic (exact) mass is 326 g/mol. The van der Waals surface area contributed by atoms with Gasteiger partial charge in [-0.25, -0.2) is 0 Å². The van der Waals surface area contributed by atoms with Gasteiger partial charge in [-0.2, -0.15) is 5.26 Å². The average molecular weight is 326 g/mol. The Kier molecular flexibility index (Phi) is 4.08. The minimum atomic E-state index is -0.295. The highest BCUT2D eigenvalue weighted by Crippen LogP contribution is 2.36. The molecule has 0 aromatic carbocycles. The minimum absolute atomic E-state index is 0.0171. The van der Waals surface area contributed by atoms with Gasteiger partial charge < -0.3 is 10.2 Å². The maximum atomic E-state index is 12.2. The van der Waals surface area contributed by atoms with Gasteiger partial charge in [0.15, 0.2) is 0 Å². The normalized spacial score (nSPS) is 13.1. The van der Waals surface area contributed by atoms with Gasteiger partial charge in [-0.1, -0.05) is 0 Å². The van der Waals surface area contributed by atoms with Gasteiger partial charge in [0.2, 0.25) is 5.91 Å². The number of amides is 2. The number of carbonyl (C=O) groups is 2. The number of pyridine rings is 1. The number of fused-ring (bicyclic) bond motifs is 1. The quantitative estimate of drug-likeness (QED) is 0.916. The van der Waals surface area contributed by atoms with E-state index >= 15 is 0 Å². The van der Waals surface area contributed by atoms with Crippen LogP contribution in [0.15, 0.2) is 24.5 Å². The molecule has 1 aliphatic rings. The van der Waals surface area contributed by atoms with Crippen molar-refractivity contribution < 1.29 is 9.59 Å². The lowest BCUT2D eigenvalue weighted by molar-refractivity contribution is -0.129. The third kappa shape index (κ3) is 2.94. The van der Waals surface area contributed by atoms with Gasteiger partial charge in [0, 0.05) is 30.7 Å². The summed E-state index contributed by atoms with van der Waals surface area (Å²) in [6.45, 7) is 2.63. The SMILES string of the molecule is CC(=O)N1CCc2c(sc(NC(=O)c3cccnc3)c2C#N)C1. The van der Waals surface area contributed by atoms with Crippen LogP contribution in [0, 0.1) is 11.3 Å². The summed E-state index contributed by atoms with van der Waals surface area (Å²) < 4.78 is 0. The smallest absolute Gasteiger partial charge is 0.257 e. The van der Waals surface area contributed by atoms with Crippen LogP contribution in [0.1, 0.15) is 33.3 Å². The molecule has 0 aliphatic carbocycles. The van der Waals surface area contributed by atoms with Gasteiger partial charge in [0.1, 0.15) is 11.1 Å². The summed E-state index contributed by atoms with van der Waals surface area (Å²) in [6, 6.07) is 5.53. The Balaban J connectivity index is 1.88. The number of thiophene rings is 1. The van der Waals surface area contributed by atoms with Crippen LogP contribution >= 0.6 is 11.3 Å². The molecular formula is C16H14N4O2S. The molecule has 7 heteroatoms. The van der Waals surface area contributed by atoms with Crippen molar-refractivity contribution in [3.8, 4) is 6.07 Å². The van der Waals surface area contributed by atoms with Crippen molar-refractivity contribution in [2.75, 3.05) is 11.9 Å². The number of hydrogen-bond acceptors (Lipinski definition) is 5. The van der Waals surface area contributed by atoms with Crippen molar-refractivity contribution in [3.05, 3.63) is 46.1 Å². The molecule has 1 N–H and O–H groups in total. The first-order chi connectivity index (χ1) is 11.1. The van der Waals surface area contributed by atoms with E-state index in [1.165, 1.54) is 24.5 Å². The van der Waals surface area contributed by atoms with Gasteiger partial charge in [-0.05, 0) is 24.1 Å². The molecule has 23 heavy (non-hydrogen) atoms. The van der Waals surface area contributed by atoms with E-state index in [-0.39, 0.29) is 11.8 Å². The highest BCUT2D eigenvalue weighted by atomic mass is 32.1. The third-order valence-corrected chi connectivity index (χ3v) is 4.90. The molecule has 0 atom stereocenters. The highest BCUT2D eigenvalue weighted by Gasteiger charge is 2.26. The molecule has 0 unspecified atom stereocenters. The number of rotatable bonds is 2. The lowest BCUT2D eigenvalue weighted by atomic mass is 10.0. The molecule has 1 aliphatic heterocycles. The van der Waals surface area contributed by atoms with Crippen LogP contribution in [0.4, 0.5) is 5.00 Å². The van der Waals surface area contributed by atoms with Crippen molar-refractivity contribution in [3.63, 3.8) is 0 Å². The first-order valence-electron chi connectivity index (χ1n) is 7.11. The lowest BCUT2D eigenvalue weighted by Crippen LogP contribution is -2.33. The number of carbonyl (C=O) groups excluding carboxylic acids is 2. The second kappa shape index (κ2) is 6.18. The minimum Gasteiger partial charge on any atom is -0.337 e. The molecule has 116 valence electrons. The molecule has 0 saturated heterocycles. The largest absolute Gasteiger partial charge is 0.337 e. The molecule has 0 fully saturated rings. The maximum absolute atomic E-state index is 12.2. The number of nitriles is 1. The molecular weight excluding hydrogens is 312 g/mol. The summed E-state index contributed by atoms with van der Waals surface area (Å²) in [6.07, 6.45) is 3.71. The van der Waals surface area contributed by atoms with E-state index in [1.807, 2.05) is 0 Å². The van der Waals surface area contributed by atoms with Crippen molar-refractivity contribution in [1.29, 1.82) is 5.26 Å². The average Bonchev–Trinajstić information content (AvgIpc) is 2.91. The van der Waals surface area contributed by atoms with Gasteiger partial charge in [-0.3, -0.25) is 14.6 Å². The molecule has 2 aromatic heterocycles. The Morgan fingerprint density at radius 3 is 2.96 bits per heavy atom.